The zero-order valence-electron chi connectivity index (χ0n) is 15.9. The van der Waals surface area contributed by atoms with E-state index >= 15 is 0 Å². The summed E-state index contributed by atoms with van der Waals surface area (Å²) in [4.78, 5) is 28.8. The van der Waals surface area contributed by atoms with Crippen molar-refractivity contribution in [3.8, 4) is 11.5 Å². The summed E-state index contributed by atoms with van der Waals surface area (Å²) in [6, 6.07) is 10.9. The summed E-state index contributed by atoms with van der Waals surface area (Å²) in [6.45, 7) is 1.90. The Morgan fingerprint density at radius 3 is 2.79 bits per heavy atom. The number of hydrogen-bond acceptors (Lipinski definition) is 5. The molecular formula is C21H24N2O5. The molecule has 2 atom stereocenters. The number of hydrogen-bond donors (Lipinski definition) is 0. The molecule has 0 saturated carbocycles. The highest BCUT2D eigenvalue weighted by Crippen LogP contribution is 2.31. The van der Waals surface area contributed by atoms with E-state index in [2.05, 4.69) is 0 Å². The predicted octanol–water partition coefficient (Wildman–Crippen LogP) is 2.43. The molecule has 1 fully saturated rings. The van der Waals surface area contributed by atoms with Gasteiger partial charge in [0.15, 0.2) is 23.4 Å². The van der Waals surface area contributed by atoms with Crippen LogP contribution in [0.25, 0.3) is 0 Å². The van der Waals surface area contributed by atoms with Crippen LogP contribution in [0.1, 0.15) is 23.4 Å². The summed E-state index contributed by atoms with van der Waals surface area (Å²) in [7, 11) is 1.78. The molecule has 2 aromatic rings. The molecule has 2 aliphatic rings. The van der Waals surface area contributed by atoms with Gasteiger partial charge in [0.05, 0.1) is 18.7 Å². The number of ether oxygens (including phenoxy) is 2. The van der Waals surface area contributed by atoms with Crippen LogP contribution in [0.15, 0.2) is 47.1 Å². The zero-order chi connectivity index (χ0) is 19.5. The number of carbonyl (C=O) groups is 2. The Hall–Kier alpha value is -2.96. The van der Waals surface area contributed by atoms with Crippen molar-refractivity contribution in [2.45, 2.75) is 18.9 Å². The fourth-order valence-corrected chi connectivity index (χ4v) is 3.78. The first kappa shape index (κ1) is 18.4. The monoisotopic (exact) mass is 384 g/mol. The van der Waals surface area contributed by atoms with Crippen LogP contribution < -0.4 is 9.47 Å². The molecule has 2 aliphatic heterocycles. The van der Waals surface area contributed by atoms with Crippen LogP contribution in [0.5, 0.6) is 11.5 Å². The lowest BCUT2D eigenvalue weighted by molar-refractivity contribution is -0.137. The van der Waals surface area contributed by atoms with Gasteiger partial charge in [0.2, 0.25) is 5.91 Å². The number of benzene rings is 1. The first-order valence-corrected chi connectivity index (χ1v) is 9.58. The van der Waals surface area contributed by atoms with Crippen molar-refractivity contribution < 1.29 is 23.5 Å². The number of carbonyl (C=O) groups excluding carboxylic acids is 2. The summed E-state index contributed by atoms with van der Waals surface area (Å²) in [5.74, 6) is 1.40. The zero-order valence-corrected chi connectivity index (χ0v) is 15.9. The summed E-state index contributed by atoms with van der Waals surface area (Å²) in [5.41, 5.74) is 0. The lowest BCUT2D eigenvalue weighted by atomic mass is 9.96. The van der Waals surface area contributed by atoms with Gasteiger partial charge >= 0.3 is 0 Å². The maximum atomic E-state index is 12.9. The second kappa shape index (κ2) is 7.96. The summed E-state index contributed by atoms with van der Waals surface area (Å²) in [6.07, 6.45) is 2.84. The number of likely N-dealkylation sites (N-methyl/N-ethyl adjacent to an activating group) is 1. The molecule has 0 bridgehead atoms. The quantitative estimate of drug-likeness (QED) is 0.810. The normalized spacial score (nSPS) is 21.2. The van der Waals surface area contributed by atoms with E-state index in [0.29, 0.717) is 37.8 Å². The lowest BCUT2D eigenvalue weighted by Gasteiger charge is -2.35. The second-order valence-electron chi connectivity index (χ2n) is 7.28. The number of fused-ring (bicyclic) bond motifs is 1. The fourth-order valence-electron chi connectivity index (χ4n) is 3.78. The average Bonchev–Trinajstić information content (AvgIpc) is 3.27. The van der Waals surface area contributed by atoms with Gasteiger partial charge in [-0.25, -0.2) is 0 Å². The molecule has 0 radical (unpaired) electrons. The molecule has 1 aromatic heterocycles. The second-order valence-corrected chi connectivity index (χ2v) is 7.28. The van der Waals surface area contributed by atoms with E-state index in [1.807, 2.05) is 24.3 Å². The van der Waals surface area contributed by atoms with Crippen molar-refractivity contribution in [3.05, 3.63) is 48.4 Å². The molecule has 3 heterocycles. The van der Waals surface area contributed by atoms with Crippen molar-refractivity contribution in [2.24, 2.45) is 5.92 Å². The number of nitrogens with zero attached hydrogens (tertiary/aromatic N) is 2. The Labute approximate surface area is 163 Å². The number of para-hydroxylation sites is 2. The smallest absolute Gasteiger partial charge is 0.289 e. The van der Waals surface area contributed by atoms with Crippen molar-refractivity contribution in [3.63, 3.8) is 0 Å². The van der Waals surface area contributed by atoms with Crippen molar-refractivity contribution in [1.82, 2.24) is 9.80 Å². The van der Waals surface area contributed by atoms with Gasteiger partial charge in [-0.2, -0.15) is 0 Å². The highest BCUT2D eigenvalue weighted by atomic mass is 16.6. The van der Waals surface area contributed by atoms with Gasteiger partial charge in [-0.05, 0) is 37.1 Å². The van der Waals surface area contributed by atoms with Gasteiger partial charge in [0, 0.05) is 20.1 Å². The van der Waals surface area contributed by atoms with Gasteiger partial charge in [0.1, 0.15) is 6.61 Å². The molecule has 0 spiro atoms. The van der Waals surface area contributed by atoms with E-state index in [4.69, 9.17) is 13.9 Å². The molecule has 0 aliphatic carbocycles. The van der Waals surface area contributed by atoms with E-state index in [0.717, 1.165) is 18.6 Å². The predicted molar refractivity (Wildman–Crippen MR) is 101 cm³/mol. The maximum absolute atomic E-state index is 12.9. The minimum absolute atomic E-state index is 0.0272. The Kier molecular flexibility index (Phi) is 5.23. The van der Waals surface area contributed by atoms with Gasteiger partial charge in [-0.3, -0.25) is 9.59 Å². The first-order chi connectivity index (χ1) is 13.6. The van der Waals surface area contributed by atoms with Crippen molar-refractivity contribution >= 4 is 11.8 Å². The van der Waals surface area contributed by atoms with E-state index in [1.165, 1.54) is 6.26 Å². The third-order valence-electron chi connectivity index (χ3n) is 5.21. The van der Waals surface area contributed by atoms with E-state index in [9.17, 15) is 9.59 Å². The molecule has 7 heteroatoms. The Bertz CT molecular complexity index is 835. The van der Waals surface area contributed by atoms with Crippen LogP contribution in [0, 0.1) is 5.92 Å². The van der Waals surface area contributed by atoms with Crippen LogP contribution in [0.4, 0.5) is 0 Å². The third kappa shape index (κ3) is 3.83. The highest BCUT2D eigenvalue weighted by molar-refractivity contribution is 5.92. The lowest BCUT2D eigenvalue weighted by Crippen LogP contribution is -2.48. The number of likely N-dealkylation sites (tertiary alicyclic amines) is 1. The molecule has 2 amide bonds. The van der Waals surface area contributed by atoms with Gasteiger partial charge in [-0.15, -0.1) is 0 Å². The maximum Gasteiger partial charge on any atom is 0.289 e. The van der Waals surface area contributed by atoms with Crippen LogP contribution in [-0.4, -0.2) is 61.0 Å². The average molecular weight is 384 g/mol. The topological polar surface area (TPSA) is 72.2 Å². The largest absolute Gasteiger partial charge is 0.486 e. The fraction of sp³-hybridized carbons (Fsp3) is 0.429. The molecular weight excluding hydrogens is 360 g/mol. The molecule has 1 saturated heterocycles. The molecule has 0 unspecified atom stereocenters. The van der Waals surface area contributed by atoms with Gasteiger partial charge < -0.3 is 23.7 Å². The minimum Gasteiger partial charge on any atom is -0.486 e. The molecule has 28 heavy (non-hydrogen) atoms. The SMILES string of the molecule is CN(C[C@H]1COc2ccccc2O1)C(=O)[C@@H]1CCCN(C(=O)c2ccco2)C1. The Balaban J connectivity index is 1.34. The van der Waals surface area contributed by atoms with Gasteiger partial charge in [0.25, 0.3) is 5.91 Å². The molecule has 7 nitrogen and oxygen atoms in total. The molecule has 1 aromatic carbocycles. The summed E-state index contributed by atoms with van der Waals surface area (Å²) >= 11 is 0. The number of amides is 2. The molecule has 4 rings (SSSR count). The minimum atomic E-state index is -0.215. The van der Waals surface area contributed by atoms with Crippen LogP contribution in [-0.2, 0) is 4.79 Å². The number of rotatable bonds is 4. The van der Waals surface area contributed by atoms with Gasteiger partial charge in [-0.1, -0.05) is 12.1 Å². The summed E-state index contributed by atoms with van der Waals surface area (Å²) < 4.78 is 16.9. The van der Waals surface area contributed by atoms with Crippen LogP contribution in [0.3, 0.4) is 0 Å². The van der Waals surface area contributed by atoms with E-state index < -0.39 is 0 Å². The summed E-state index contributed by atoms with van der Waals surface area (Å²) in [5, 5.41) is 0. The number of furan rings is 1. The molecule has 0 N–H and O–H groups in total. The highest BCUT2D eigenvalue weighted by Gasteiger charge is 2.32. The van der Waals surface area contributed by atoms with E-state index in [-0.39, 0.29) is 23.8 Å². The van der Waals surface area contributed by atoms with Crippen molar-refractivity contribution in [2.75, 3.05) is 33.3 Å². The Morgan fingerprint density at radius 1 is 1.18 bits per heavy atom. The van der Waals surface area contributed by atoms with Crippen LogP contribution in [0.2, 0.25) is 0 Å². The number of piperidine rings is 1. The molecule has 148 valence electrons. The standard InChI is InChI=1S/C21H24N2O5/c1-22(13-16-14-27-17-7-2-3-8-18(17)28-16)20(24)15-6-4-10-23(12-15)21(25)19-9-5-11-26-19/h2-3,5,7-9,11,15-16H,4,6,10,12-14H2,1H3/t15-,16+/m1/s1. The third-order valence-corrected chi connectivity index (χ3v) is 5.21. The van der Waals surface area contributed by atoms with E-state index in [1.54, 1.807) is 29.0 Å². The van der Waals surface area contributed by atoms with Crippen LogP contribution >= 0.6 is 0 Å². The Morgan fingerprint density at radius 2 is 2.00 bits per heavy atom. The van der Waals surface area contributed by atoms with Crippen molar-refractivity contribution in [1.29, 1.82) is 0 Å². The first-order valence-electron chi connectivity index (χ1n) is 9.58.